The number of pyridine rings is 1. The topological polar surface area (TPSA) is 80.0 Å². The molecule has 0 unspecified atom stereocenters. The van der Waals surface area contributed by atoms with Gasteiger partial charge < -0.3 is 10.0 Å². The zero-order chi connectivity index (χ0) is 20.8. The number of rotatable bonds is 4. The number of hydrogen-bond acceptors (Lipinski definition) is 6. The fourth-order valence-electron chi connectivity index (χ4n) is 4.05. The van der Waals surface area contributed by atoms with Crippen molar-refractivity contribution >= 4 is 11.0 Å². The van der Waals surface area contributed by atoms with Crippen molar-refractivity contribution in [1.29, 1.82) is 0 Å². The van der Waals surface area contributed by atoms with Gasteiger partial charge in [0.05, 0.1) is 23.3 Å². The molecule has 0 amide bonds. The van der Waals surface area contributed by atoms with Crippen LogP contribution >= 0.6 is 0 Å². The monoisotopic (exact) mass is 400 g/mol. The maximum Gasteiger partial charge on any atom is 0.125 e. The Morgan fingerprint density at radius 1 is 1.07 bits per heavy atom. The Morgan fingerprint density at radius 3 is 2.60 bits per heavy atom. The molecule has 152 valence electrons. The van der Waals surface area contributed by atoms with E-state index in [9.17, 15) is 5.11 Å². The summed E-state index contributed by atoms with van der Waals surface area (Å²) in [5.41, 5.74) is 6.80. The molecule has 1 N–H and O–H groups in total. The van der Waals surface area contributed by atoms with Crippen LogP contribution in [-0.2, 0) is 7.05 Å². The van der Waals surface area contributed by atoms with Gasteiger partial charge in [-0.1, -0.05) is 13.0 Å². The summed E-state index contributed by atoms with van der Waals surface area (Å²) in [7, 11) is 1.89. The summed E-state index contributed by atoms with van der Waals surface area (Å²) in [4.78, 5) is 7.08. The Labute approximate surface area is 175 Å². The van der Waals surface area contributed by atoms with Gasteiger partial charge in [0.25, 0.3) is 0 Å². The van der Waals surface area contributed by atoms with E-state index >= 15 is 0 Å². The van der Waals surface area contributed by atoms with Crippen molar-refractivity contribution in [1.82, 2.24) is 29.9 Å². The number of fused-ring (bicyclic) bond motifs is 1. The fourth-order valence-corrected chi connectivity index (χ4v) is 4.05. The van der Waals surface area contributed by atoms with E-state index in [1.807, 2.05) is 50.5 Å². The fraction of sp³-hybridized carbons (Fsp3) is 0.304. The van der Waals surface area contributed by atoms with E-state index in [0.29, 0.717) is 17.2 Å². The molecule has 1 saturated heterocycles. The quantitative estimate of drug-likeness (QED) is 0.565. The minimum Gasteiger partial charge on any atom is -0.507 e. The van der Waals surface area contributed by atoms with E-state index in [-0.39, 0.29) is 5.75 Å². The van der Waals surface area contributed by atoms with E-state index < -0.39 is 0 Å². The van der Waals surface area contributed by atoms with Crippen LogP contribution in [0.5, 0.6) is 5.75 Å². The van der Waals surface area contributed by atoms with Crippen LogP contribution in [0.4, 0.5) is 0 Å². The number of phenols is 1. The SMILES string of the molecule is CCN1CC(c2ccc(-c3ccc(-c4cc(C)c5nn(C)cc5n4)cc3O)nn2)C1. The molecule has 3 aromatic heterocycles. The first-order valence-corrected chi connectivity index (χ1v) is 10.2. The molecule has 1 aliphatic heterocycles. The molecule has 30 heavy (non-hydrogen) atoms. The normalized spacial score (nSPS) is 14.9. The van der Waals surface area contributed by atoms with Gasteiger partial charge in [-0.2, -0.15) is 15.3 Å². The highest BCUT2D eigenvalue weighted by atomic mass is 16.3. The van der Waals surface area contributed by atoms with E-state index in [0.717, 1.165) is 53.2 Å². The number of hydrogen-bond donors (Lipinski definition) is 1. The van der Waals surface area contributed by atoms with Crippen LogP contribution in [0.15, 0.2) is 42.6 Å². The highest BCUT2D eigenvalue weighted by Gasteiger charge is 2.28. The van der Waals surface area contributed by atoms with Gasteiger partial charge in [0, 0.05) is 37.2 Å². The van der Waals surface area contributed by atoms with Crippen molar-refractivity contribution in [2.45, 2.75) is 19.8 Å². The van der Waals surface area contributed by atoms with E-state index in [1.54, 1.807) is 10.7 Å². The molecule has 0 saturated carbocycles. The molecule has 1 aliphatic rings. The van der Waals surface area contributed by atoms with Crippen molar-refractivity contribution < 1.29 is 5.11 Å². The molecule has 1 aromatic carbocycles. The standard InChI is InChI=1S/C23H24N6O/c1-4-29-11-16(12-29)18-7-8-19(26-25-18)17-6-5-15(10-22(17)30)20-9-14(2)23-21(24-20)13-28(3)27-23/h5-10,13,16,30H,4,11-12H2,1-3H3. The average molecular weight is 400 g/mol. The second kappa shape index (κ2) is 7.18. The third kappa shape index (κ3) is 3.21. The number of aryl methyl sites for hydroxylation is 2. The van der Waals surface area contributed by atoms with E-state index in [2.05, 4.69) is 27.1 Å². The number of aromatic hydroxyl groups is 1. The molecule has 5 rings (SSSR count). The summed E-state index contributed by atoms with van der Waals surface area (Å²) in [6.07, 6.45) is 1.90. The summed E-state index contributed by atoms with van der Waals surface area (Å²) in [5, 5.41) is 23.9. The minimum atomic E-state index is 0.168. The molecule has 7 heteroatoms. The van der Waals surface area contributed by atoms with Gasteiger partial charge in [0.15, 0.2) is 0 Å². The second-order valence-corrected chi connectivity index (χ2v) is 7.99. The first-order chi connectivity index (χ1) is 14.5. The maximum atomic E-state index is 10.7. The molecule has 4 heterocycles. The van der Waals surface area contributed by atoms with Crippen LogP contribution in [0.2, 0.25) is 0 Å². The van der Waals surface area contributed by atoms with Crippen LogP contribution < -0.4 is 0 Å². The molecule has 0 bridgehead atoms. The van der Waals surface area contributed by atoms with Gasteiger partial charge in [0.1, 0.15) is 16.8 Å². The lowest BCUT2D eigenvalue weighted by atomic mass is 9.96. The predicted molar refractivity (Wildman–Crippen MR) is 116 cm³/mol. The summed E-state index contributed by atoms with van der Waals surface area (Å²) < 4.78 is 1.76. The number of likely N-dealkylation sites (tertiary alicyclic amines) is 1. The Bertz CT molecular complexity index is 1220. The highest BCUT2D eigenvalue weighted by Crippen LogP contribution is 2.33. The zero-order valence-electron chi connectivity index (χ0n) is 17.4. The minimum absolute atomic E-state index is 0.168. The molecule has 4 aromatic rings. The third-order valence-electron chi connectivity index (χ3n) is 5.85. The summed E-state index contributed by atoms with van der Waals surface area (Å²) in [5.74, 6) is 0.625. The van der Waals surface area contributed by atoms with Crippen molar-refractivity contribution in [3.05, 3.63) is 53.9 Å². The first-order valence-electron chi connectivity index (χ1n) is 10.2. The van der Waals surface area contributed by atoms with Crippen LogP contribution in [0.1, 0.15) is 24.1 Å². The van der Waals surface area contributed by atoms with Crippen molar-refractivity contribution in [3.8, 4) is 28.3 Å². The van der Waals surface area contributed by atoms with Gasteiger partial charge >= 0.3 is 0 Å². The van der Waals surface area contributed by atoms with Gasteiger partial charge in [-0.25, -0.2) is 4.98 Å². The highest BCUT2D eigenvalue weighted by molar-refractivity contribution is 5.82. The van der Waals surface area contributed by atoms with Crippen LogP contribution in [0, 0.1) is 6.92 Å². The second-order valence-electron chi connectivity index (χ2n) is 7.99. The molecule has 7 nitrogen and oxygen atoms in total. The van der Waals surface area contributed by atoms with E-state index in [1.165, 1.54) is 0 Å². The number of benzene rings is 1. The molecule has 1 fully saturated rings. The molecule has 0 atom stereocenters. The lowest BCUT2D eigenvalue weighted by molar-refractivity contribution is 0.154. The van der Waals surface area contributed by atoms with Crippen molar-refractivity contribution in [2.24, 2.45) is 7.05 Å². The molecule has 0 radical (unpaired) electrons. The van der Waals surface area contributed by atoms with Crippen molar-refractivity contribution in [3.63, 3.8) is 0 Å². The molecular formula is C23H24N6O. The largest absolute Gasteiger partial charge is 0.507 e. The summed E-state index contributed by atoms with van der Waals surface area (Å²) in [6.45, 7) is 7.34. The first kappa shape index (κ1) is 18.7. The number of phenolic OH excluding ortho intramolecular Hbond substituents is 1. The van der Waals surface area contributed by atoms with Gasteiger partial charge in [-0.3, -0.25) is 4.68 Å². The van der Waals surface area contributed by atoms with Crippen LogP contribution in [-0.4, -0.2) is 54.6 Å². The third-order valence-corrected chi connectivity index (χ3v) is 5.85. The van der Waals surface area contributed by atoms with Crippen LogP contribution in [0.25, 0.3) is 33.5 Å². The molecular weight excluding hydrogens is 376 g/mol. The number of nitrogens with zero attached hydrogens (tertiary/aromatic N) is 6. The van der Waals surface area contributed by atoms with Gasteiger partial charge in [0.2, 0.25) is 0 Å². The Kier molecular flexibility index (Phi) is 4.47. The zero-order valence-corrected chi connectivity index (χ0v) is 17.4. The Balaban J connectivity index is 1.42. The van der Waals surface area contributed by atoms with Crippen molar-refractivity contribution in [2.75, 3.05) is 19.6 Å². The Hall–Kier alpha value is -3.32. The van der Waals surface area contributed by atoms with E-state index in [4.69, 9.17) is 4.98 Å². The lowest BCUT2D eigenvalue weighted by Crippen LogP contribution is -2.44. The number of aromatic nitrogens is 5. The van der Waals surface area contributed by atoms with Gasteiger partial charge in [-0.05, 0) is 49.4 Å². The number of likely N-dealkylation sites (N-methyl/N-ethyl adjacent to an activating group) is 1. The van der Waals surface area contributed by atoms with Gasteiger partial charge in [-0.15, -0.1) is 0 Å². The molecule has 0 spiro atoms. The van der Waals surface area contributed by atoms with Crippen LogP contribution in [0.3, 0.4) is 0 Å². The predicted octanol–water partition coefficient (Wildman–Crippen LogP) is 3.53. The average Bonchev–Trinajstić information content (AvgIpc) is 3.09. The molecule has 0 aliphatic carbocycles. The Morgan fingerprint density at radius 2 is 1.90 bits per heavy atom. The maximum absolute atomic E-state index is 10.7. The summed E-state index contributed by atoms with van der Waals surface area (Å²) in [6, 6.07) is 11.5. The summed E-state index contributed by atoms with van der Waals surface area (Å²) >= 11 is 0. The smallest absolute Gasteiger partial charge is 0.125 e. The lowest BCUT2D eigenvalue weighted by Gasteiger charge is -2.37.